The molecule has 1 aliphatic heterocycles. The van der Waals surface area contributed by atoms with Crippen LogP contribution in [0, 0.1) is 13.8 Å². The molecule has 5 rings (SSSR count). The summed E-state index contributed by atoms with van der Waals surface area (Å²) in [5.41, 5.74) is 6.01. The highest BCUT2D eigenvalue weighted by molar-refractivity contribution is 7.87. The Balaban J connectivity index is 0.000000659. The summed E-state index contributed by atoms with van der Waals surface area (Å²) >= 11 is 0. The Labute approximate surface area is 212 Å². The lowest BCUT2D eigenvalue weighted by Gasteiger charge is -2.37. The monoisotopic (exact) mass is 518 g/mol. The number of rotatable bonds is 0. The van der Waals surface area contributed by atoms with Gasteiger partial charge in [-0.1, -0.05) is 107 Å². The third-order valence-electron chi connectivity index (χ3n) is 5.43. The van der Waals surface area contributed by atoms with Crippen molar-refractivity contribution >= 4 is 28.6 Å². The summed E-state index contributed by atoms with van der Waals surface area (Å²) in [6.07, 6.45) is 0.779. The van der Waals surface area contributed by atoms with Gasteiger partial charge in [-0.2, -0.15) is 8.42 Å². The quantitative estimate of drug-likeness (QED) is 0.232. The average Bonchev–Trinajstić information content (AvgIpc) is 3.11. The van der Waals surface area contributed by atoms with Gasteiger partial charge in [0.25, 0.3) is 10.1 Å². The second-order valence-electron chi connectivity index (χ2n) is 7.21. The Kier molecular flexibility index (Phi) is 12.1. The van der Waals surface area contributed by atoms with E-state index in [9.17, 15) is 8.42 Å². The molecule has 3 aromatic carbocycles. The normalized spacial score (nSPS) is 14.6. The van der Waals surface area contributed by atoms with Crippen molar-refractivity contribution in [3.8, 4) is 0 Å². The van der Waals surface area contributed by atoms with E-state index in [1.54, 1.807) is 12.1 Å². The lowest BCUT2D eigenvalue weighted by atomic mass is 9.71. The molecule has 186 valence electrons. The third kappa shape index (κ3) is 5.47. The van der Waals surface area contributed by atoms with Crippen molar-refractivity contribution in [2.75, 3.05) is 13.3 Å². The van der Waals surface area contributed by atoms with Gasteiger partial charge in [0.2, 0.25) is 0 Å². The van der Waals surface area contributed by atoms with Crippen LogP contribution in [0.3, 0.4) is 0 Å². The standard InChI is InChI=1S/C22H18O3S.2C2H6.2CH5P/c1-14-7-9-18-16(11-14)13-17-12-15(2)8-10-19(17)22(18)20-5-3-4-6-21(20)26(23,24)25-22;4*1-2/h3-12H,13H2,1-2H3;2*1-2H3;2*2H2,1H3. The van der Waals surface area contributed by atoms with Crippen molar-refractivity contribution in [1.29, 1.82) is 0 Å². The predicted octanol–water partition coefficient (Wildman–Crippen LogP) is 7.25. The predicted molar refractivity (Wildman–Crippen MR) is 154 cm³/mol. The van der Waals surface area contributed by atoms with Gasteiger partial charge in [0.05, 0.1) is 0 Å². The van der Waals surface area contributed by atoms with Crippen LogP contribution in [0.4, 0.5) is 0 Å². The molecule has 0 bridgehead atoms. The Hall–Kier alpha value is -1.57. The van der Waals surface area contributed by atoms with Gasteiger partial charge in [0.15, 0.2) is 5.60 Å². The summed E-state index contributed by atoms with van der Waals surface area (Å²) in [5, 5.41) is 0. The molecule has 2 atom stereocenters. The maximum absolute atomic E-state index is 12.9. The fourth-order valence-electron chi connectivity index (χ4n) is 4.38. The molecule has 0 fully saturated rings. The summed E-state index contributed by atoms with van der Waals surface area (Å²) in [6, 6.07) is 19.5. The fourth-order valence-corrected chi connectivity index (χ4v) is 5.80. The molecule has 0 amide bonds. The molecule has 3 nitrogen and oxygen atoms in total. The van der Waals surface area contributed by atoms with E-state index in [-0.39, 0.29) is 4.90 Å². The molecule has 0 saturated carbocycles. The topological polar surface area (TPSA) is 43.4 Å². The van der Waals surface area contributed by atoms with Crippen LogP contribution in [-0.2, 0) is 26.3 Å². The molecule has 0 N–H and O–H groups in total. The van der Waals surface area contributed by atoms with Crippen molar-refractivity contribution in [3.05, 3.63) is 99.6 Å². The minimum atomic E-state index is -3.82. The minimum Gasteiger partial charge on any atom is -0.245 e. The zero-order chi connectivity index (χ0) is 26.1. The number of benzene rings is 3. The smallest absolute Gasteiger partial charge is 0.245 e. The van der Waals surface area contributed by atoms with Gasteiger partial charge >= 0.3 is 0 Å². The fraction of sp³-hybridized carbons (Fsp3) is 0.357. The minimum absolute atomic E-state index is 0.264. The average molecular weight is 519 g/mol. The number of fused-ring (bicyclic) bond motifs is 6. The first-order chi connectivity index (χ1) is 16.4. The Morgan fingerprint density at radius 1 is 0.706 bits per heavy atom. The van der Waals surface area contributed by atoms with Gasteiger partial charge in [-0.25, -0.2) is 4.18 Å². The molecule has 3 aromatic rings. The maximum atomic E-state index is 12.9. The summed E-state index contributed by atoms with van der Waals surface area (Å²) in [7, 11) is 1.01. The molecule has 0 saturated heterocycles. The van der Waals surface area contributed by atoms with E-state index in [1.165, 1.54) is 0 Å². The van der Waals surface area contributed by atoms with Gasteiger partial charge in [0, 0.05) is 5.56 Å². The van der Waals surface area contributed by atoms with Crippen molar-refractivity contribution in [1.82, 2.24) is 0 Å². The lowest BCUT2D eigenvalue weighted by Crippen LogP contribution is -2.35. The zero-order valence-electron chi connectivity index (χ0n) is 21.8. The van der Waals surface area contributed by atoms with E-state index < -0.39 is 15.7 Å². The van der Waals surface area contributed by atoms with Crippen molar-refractivity contribution in [3.63, 3.8) is 0 Å². The van der Waals surface area contributed by atoms with Crippen LogP contribution in [-0.4, -0.2) is 21.7 Å². The molecule has 2 aliphatic rings. The second-order valence-corrected chi connectivity index (χ2v) is 8.73. The molecular weight excluding hydrogens is 478 g/mol. The number of hydrogen-bond donors (Lipinski definition) is 0. The first kappa shape index (κ1) is 30.5. The first-order valence-electron chi connectivity index (χ1n) is 11.8. The molecule has 1 spiro atoms. The van der Waals surface area contributed by atoms with Crippen LogP contribution in [0.5, 0.6) is 0 Å². The summed E-state index contributed by atoms with van der Waals surface area (Å²) in [6.45, 7) is 15.9. The SMILES string of the molecule is CC.CC.CP.CP.Cc1ccc2c(c1)Cc1cc(C)ccc1C21OS(=O)(=O)c2ccccc21. The molecule has 2 unspecified atom stereocenters. The maximum Gasteiger partial charge on any atom is 0.298 e. The highest BCUT2D eigenvalue weighted by atomic mass is 32.2. The molecule has 0 radical (unpaired) electrons. The number of aryl methyl sites for hydroxylation is 2. The van der Waals surface area contributed by atoms with Crippen LogP contribution in [0.25, 0.3) is 0 Å². The van der Waals surface area contributed by atoms with Crippen LogP contribution in [0.1, 0.15) is 66.6 Å². The largest absolute Gasteiger partial charge is 0.298 e. The molecule has 6 heteroatoms. The molecule has 1 heterocycles. The van der Waals surface area contributed by atoms with E-state index >= 15 is 0 Å². The molecule has 34 heavy (non-hydrogen) atoms. The van der Waals surface area contributed by atoms with E-state index in [4.69, 9.17) is 4.18 Å². The number of hydrogen-bond acceptors (Lipinski definition) is 3. The summed E-state index contributed by atoms with van der Waals surface area (Å²) < 4.78 is 31.7. The highest BCUT2D eigenvalue weighted by Crippen LogP contribution is 2.54. The highest BCUT2D eigenvalue weighted by Gasteiger charge is 2.54. The van der Waals surface area contributed by atoms with E-state index in [0.29, 0.717) is 5.56 Å². The van der Waals surface area contributed by atoms with E-state index in [1.807, 2.05) is 77.4 Å². The second kappa shape index (κ2) is 13.5. The van der Waals surface area contributed by atoms with Crippen molar-refractivity contribution < 1.29 is 12.6 Å². The van der Waals surface area contributed by atoms with Crippen LogP contribution in [0.15, 0.2) is 65.6 Å². The van der Waals surface area contributed by atoms with Gasteiger partial charge in [0.1, 0.15) is 4.90 Å². The van der Waals surface area contributed by atoms with E-state index in [2.05, 4.69) is 44.5 Å². The third-order valence-corrected chi connectivity index (χ3v) is 6.80. The molecule has 1 aliphatic carbocycles. The van der Waals surface area contributed by atoms with Crippen molar-refractivity contribution in [2.45, 2.75) is 58.5 Å². The van der Waals surface area contributed by atoms with Gasteiger partial charge in [-0.3, -0.25) is 0 Å². The molecule has 0 aromatic heterocycles. The lowest BCUT2D eigenvalue weighted by molar-refractivity contribution is 0.175. The van der Waals surface area contributed by atoms with Crippen LogP contribution >= 0.6 is 18.5 Å². The van der Waals surface area contributed by atoms with E-state index in [0.717, 1.165) is 39.8 Å². The summed E-state index contributed by atoms with van der Waals surface area (Å²) in [4.78, 5) is 0.264. The Morgan fingerprint density at radius 2 is 1.15 bits per heavy atom. The first-order valence-corrected chi connectivity index (χ1v) is 15.5. The van der Waals surface area contributed by atoms with Crippen LogP contribution in [0.2, 0.25) is 0 Å². The van der Waals surface area contributed by atoms with Gasteiger partial charge in [-0.15, -0.1) is 18.5 Å². The Morgan fingerprint density at radius 3 is 1.62 bits per heavy atom. The Bertz CT molecular complexity index is 1140. The van der Waals surface area contributed by atoms with Crippen molar-refractivity contribution in [2.24, 2.45) is 0 Å². The van der Waals surface area contributed by atoms with Gasteiger partial charge < -0.3 is 0 Å². The van der Waals surface area contributed by atoms with Crippen LogP contribution < -0.4 is 0 Å². The zero-order valence-corrected chi connectivity index (χ0v) is 24.9. The van der Waals surface area contributed by atoms with Gasteiger partial charge in [-0.05, 0) is 48.6 Å². The molecular formula is C28H40O3P2S. The summed E-state index contributed by atoms with van der Waals surface area (Å²) in [5.74, 6) is 0.